The maximum absolute atomic E-state index is 13.7. The minimum absolute atomic E-state index is 0.0143. The predicted octanol–water partition coefficient (Wildman–Crippen LogP) is 2.68. The second-order valence-electron chi connectivity index (χ2n) is 11.0. The lowest BCUT2D eigenvalue weighted by Gasteiger charge is -2.39. The first-order valence-corrected chi connectivity index (χ1v) is 13.3. The first-order valence-electron chi connectivity index (χ1n) is 13.3. The lowest BCUT2D eigenvalue weighted by molar-refractivity contribution is -0.140. The molecule has 0 unspecified atom stereocenters. The van der Waals surface area contributed by atoms with Crippen molar-refractivity contribution in [3.63, 3.8) is 0 Å². The molecular formula is C27H48N4O4. The summed E-state index contributed by atoms with van der Waals surface area (Å²) in [4.78, 5) is 45.7. The number of amides is 3. The van der Waals surface area contributed by atoms with E-state index in [0.29, 0.717) is 31.9 Å². The molecule has 0 spiro atoms. The normalized spacial score (nSPS) is 21.9. The molecule has 3 amide bonds. The Labute approximate surface area is 212 Å². The SMILES string of the molecule is C/C(=C\[C@H](C(C)C)N(C)C(=O)[C@@H](NC(=O)[C@H]1CCCCN1C(C)C)C(C)C)C(=O)N1CCOCC1. The summed E-state index contributed by atoms with van der Waals surface area (Å²) in [6.45, 7) is 17.2. The molecule has 0 bridgehead atoms. The summed E-state index contributed by atoms with van der Waals surface area (Å²) >= 11 is 0. The number of ether oxygens (including phenoxy) is 1. The Bertz CT molecular complexity index is 758. The van der Waals surface area contributed by atoms with Crippen LogP contribution in [0.5, 0.6) is 0 Å². The number of nitrogens with zero attached hydrogens (tertiary/aromatic N) is 3. The van der Waals surface area contributed by atoms with Gasteiger partial charge in [0.15, 0.2) is 0 Å². The van der Waals surface area contributed by atoms with Crippen LogP contribution in [0.2, 0.25) is 0 Å². The average molecular weight is 493 g/mol. The van der Waals surface area contributed by atoms with Crippen LogP contribution >= 0.6 is 0 Å². The Morgan fingerprint density at radius 2 is 1.60 bits per heavy atom. The average Bonchev–Trinajstić information content (AvgIpc) is 2.84. The molecule has 2 saturated heterocycles. The van der Waals surface area contributed by atoms with E-state index in [1.54, 1.807) is 16.8 Å². The molecule has 0 aromatic rings. The van der Waals surface area contributed by atoms with Crippen molar-refractivity contribution in [2.75, 3.05) is 39.9 Å². The quantitative estimate of drug-likeness (QED) is 0.501. The molecule has 3 atom stereocenters. The molecule has 35 heavy (non-hydrogen) atoms. The van der Waals surface area contributed by atoms with Gasteiger partial charge in [-0.15, -0.1) is 0 Å². The summed E-state index contributed by atoms with van der Waals surface area (Å²) in [5.74, 6) is -0.150. The van der Waals surface area contributed by atoms with Gasteiger partial charge < -0.3 is 19.9 Å². The fourth-order valence-electron chi connectivity index (χ4n) is 5.08. The first-order chi connectivity index (χ1) is 16.5. The van der Waals surface area contributed by atoms with Crippen LogP contribution in [0, 0.1) is 11.8 Å². The van der Waals surface area contributed by atoms with Crippen LogP contribution in [0.1, 0.15) is 67.7 Å². The maximum atomic E-state index is 13.7. The summed E-state index contributed by atoms with van der Waals surface area (Å²) < 4.78 is 5.36. The Morgan fingerprint density at radius 3 is 2.14 bits per heavy atom. The van der Waals surface area contributed by atoms with Gasteiger partial charge in [-0.05, 0) is 52.0 Å². The van der Waals surface area contributed by atoms with E-state index in [0.717, 1.165) is 25.8 Å². The Hall–Kier alpha value is -1.93. The van der Waals surface area contributed by atoms with Crippen LogP contribution in [-0.4, -0.2) is 96.5 Å². The molecule has 2 aliphatic rings. The summed E-state index contributed by atoms with van der Waals surface area (Å²) in [6, 6.07) is -0.789. The Kier molecular flexibility index (Phi) is 11.2. The minimum atomic E-state index is -0.617. The van der Waals surface area contributed by atoms with Crippen LogP contribution in [0.4, 0.5) is 0 Å². The third-order valence-electron chi connectivity index (χ3n) is 7.27. The smallest absolute Gasteiger partial charge is 0.249 e. The van der Waals surface area contributed by atoms with Crippen molar-refractivity contribution in [1.29, 1.82) is 0 Å². The van der Waals surface area contributed by atoms with Crippen molar-refractivity contribution >= 4 is 17.7 Å². The number of nitrogens with one attached hydrogen (secondary N) is 1. The molecule has 0 aliphatic carbocycles. The summed E-state index contributed by atoms with van der Waals surface area (Å²) in [7, 11) is 1.78. The van der Waals surface area contributed by atoms with Crippen molar-refractivity contribution < 1.29 is 19.1 Å². The van der Waals surface area contributed by atoms with Gasteiger partial charge in [0.25, 0.3) is 0 Å². The third-order valence-corrected chi connectivity index (χ3v) is 7.27. The topological polar surface area (TPSA) is 82.2 Å². The van der Waals surface area contributed by atoms with E-state index in [2.05, 4.69) is 24.1 Å². The van der Waals surface area contributed by atoms with E-state index in [9.17, 15) is 14.4 Å². The van der Waals surface area contributed by atoms with Crippen LogP contribution < -0.4 is 5.32 Å². The Balaban J connectivity index is 2.17. The fraction of sp³-hybridized carbons (Fsp3) is 0.815. The van der Waals surface area contributed by atoms with E-state index >= 15 is 0 Å². The standard InChI is InChI=1S/C27H48N4O4/c1-18(2)23(17-21(7)26(33)30-13-15-35-16-14-30)29(8)27(34)24(19(3)4)28-25(32)22-11-9-10-12-31(22)20(5)6/h17-20,22-24H,9-16H2,1-8H3,(H,28,32)/b21-17+/t22-,23-,24+/m1/s1. The largest absolute Gasteiger partial charge is 0.378 e. The van der Waals surface area contributed by atoms with Crippen molar-refractivity contribution in [2.24, 2.45) is 11.8 Å². The fourth-order valence-corrected chi connectivity index (χ4v) is 5.08. The van der Waals surface area contributed by atoms with Crippen LogP contribution in [-0.2, 0) is 19.1 Å². The maximum Gasteiger partial charge on any atom is 0.249 e. The van der Waals surface area contributed by atoms with Crippen LogP contribution in [0.3, 0.4) is 0 Å². The van der Waals surface area contributed by atoms with E-state index in [1.807, 2.05) is 40.7 Å². The van der Waals surface area contributed by atoms with E-state index < -0.39 is 6.04 Å². The predicted molar refractivity (Wildman–Crippen MR) is 139 cm³/mol. The molecule has 0 saturated carbocycles. The molecule has 8 nitrogen and oxygen atoms in total. The van der Waals surface area contributed by atoms with Gasteiger partial charge in [0.1, 0.15) is 6.04 Å². The number of morpholine rings is 1. The number of hydrogen-bond acceptors (Lipinski definition) is 5. The lowest BCUT2D eigenvalue weighted by atomic mass is 9.95. The highest BCUT2D eigenvalue weighted by Crippen LogP contribution is 2.21. The summed E-state index contributed by atoms with van der Waals surface area (Å²) in [6.07, 6.45) is 4.85. The van der Waals surface area contributed by atoms with Crippen molar-refractivity contribution in [3.8, 4) is 0 Å². The van der Waals surface area contributed by atoms with Crippen LogP contribution in [0.15, 0.2) is 11.6 Å². The van der Waals surface area contributed by atoms with E-state index in [4.69, 9.17) is 4.74 Å². The van der Waals surface area contributed by atoms with Crippen LogP contribution in [0.25, 0.3) is 0 Å². The number of carbonyl (C=O) groups is 3. The zero-order chi connectivity index (χ0) is 26.3. The molecule has 2 fully saturated rings. The number of rotatable bonds is 9. The third kappa shape index (κ3) is 7.78. The number of piperidine rings is 1. The van der Waals surface area contributed by atoms with Crippen molar-refractivity contribution in [3.05, 3.63) is 11.6 Å². The molecule has 2 rings (SSSR count). The zero-order valence-electron chi connectivity index (χ0n) is 23.2. The highest BCUT2D eigenvalue weighted by Gasteiger charge is 2.36. The molecule has 1 N–H and O–H groups in total. The van der Waals surface area contributed by atoms with Gasteiger partial charge in [0.2, 0.25) is 17.7 Å². The number of carbonyl (C=O) groups excluding carboxylic acids is 3. The van der Waals surface area contributed by atoms with Gasteiger partial charge in [-0.2, -0.15) is 0 Å². The molecule has 0 aromatic carbocycles. The minimum Gasteiger partial charge on any atom is -0.378 e. The first kappa shape index (κ1) is 29.3. The second-order valence-corrected chi connectivity index (χ2v) is 11.0. The number of likely N-dealkylation sites (N-methyl/N-ethyl adjacent to an activating group) is 1. The summed E-state index contributed by atoms with van der Waals surface area (Å²) in [5, 5.41) is 3.09. The van der Waals surface area contributed by atoms with Gasteiger partial charge >= 0.3 is 0 Å². The number of hydrogen-bond donors (Lipinski definition) is 1. The Morgan fingerprint density at radius 1 is 0.971 bits per heavy atom. The molecule has 2 aliphatic heterocycles. The van der Waals surface area contributed by atoms with Gasteiger partial charge in [0.05, 0.1) is 25.3 Å². The van der Waals surface area contributed by atoms with E-state index in [-0.39, 0.29) is 47.7 Å². The van der Waals surface area contributed by atoms with Gasteiger partial charge in [-0.1, -0.05) is 40.2 Å². The zero-order valence-corrected chi connectivity index (χ0v) is 23.2. The van der Waals surface area contributed by atoms with Gasteiger partial charge in [0, 0.05) is 31.8 Å². The molecule has 2 heterocycles. The molecule has 200 valence electrons. The van der Waals surface area contributed by atoms with Crippen molar-refractivity contribution in [1.82, 2.24) is 20.0 Å². The molecule has 0 aromatic heterocycles. The van der Waals surface area contributed by atoms with Crippen molar-refractivity contribution in [2.45, 2.75) is 91.9 Å². The monoisotopic (exact) mass is 492 g/mol. The highest BCUT2D eigenvalue weighted by atomic mass is 16.5. The number of likely N-dealkylation sites (tertiary alicyclic amines) is 1. The van der Waals surface area contributed by atoms with Gasteiger partial charge in [-0.25, -0.2) is 0 Å². The molecular weight excluding hydrogens is 444 g/mol. The van der Waals surface area contributed by atoms with E-state index in [1.165, 1.54) is 0 Å². The highest BCUT2D eigenvalue weighted by molar-refractivity contribution is 5.93. The second kappa shape index (κ2) is 13.4. The molecule has 8 heteroatoms. The summed E-state index contributed by atoms with van der Waals surface area (Å²) in [5.41, 5.74) is 0.630. The lowest BCUT2D eigenvalue weighted by Crippen LogP contribution is -2.58. The molecule has 0 radical (unpaired) electrons. The van der Waals surface area contributed by atoms with Gasteiger partial charge in [-0.3, -0.25) is 19.3 Å².